The highest BCUT2D eigenvalue weighted by Gasteiger charge is 2.36. The van der Waals surface area contributed by atoms with Crippen molar-refractivity contribution >= 4 is 10.9 Å². The number of benzene rings is 2. The Bertz CT molecular complexity index is 1060. The Labute approximate surface area is 156 Å². The number of likely N-dealkylation sites (tertiary alicyclic amines) is 1. The highest BCUT2D eigenvalue weighted by molar-refractivity contribution is 5.82. The first-order valence-corrected chi connectivity index (χ1v) is 9.14. The van der Waals surface area contributed by atoms with Gasteiger partial charge in [0.1, 0.15) is 0 Å². The first-order chi connectivity index (χ1) is 13.3. The molecular formula is C21H20N4O2. The van der Waals surface area contributed by atoms with Gasteiger partial charge >= 0.3 is 0 Å². The van der Waals surface area contributed by atoms with Gasteiger partial charge in [0.05, 0.1) is 12.1 Å². The average Bonchev–Trinajstić information content (AvgIpc) is 3.42. The van der Waals surface area contributed by atoms with Gasteiger partial charge in [-0.3, -0.25) is 4.90 Å². The van der Waals surface area contributed by atoms with Crippen molar-refractivity contribution in [2.24, 2.45) is 0 Å². The maximum Gasteiger partial charge on any atom is 0.244 e. The summed E-state index contributed by atoms with van der Waals surface area (Å²) in [6.07, 6.45) is 2.24. The topological polar surface area (TPSA) is 78.2 Å². The fourth-order valence-corrected chi connectivity index (χ4v) is 3.87. The number of fused-ring (bicyclic) bond motifs is 1. The van der Waals surface area contributed by atoms with Crippen LogP contribution >= 0.6 is 0 Å². The maximum atomic E-state index is 10.3. The fraction of sp³-hybridized carbons (Fsp3) is 0.238. The normalized spacial score (nSPS) is 20.5. The lowest BCUT2D eigenvalue weighted by atomic mass is 10.1. The molecule has 2 N–H and O–H groups in total. The monoisotopic (exact) mass is 360 g/mol. The van der Waals surface area contributed by atoms with Crippen molar-refractivity contribution in [3.63, 3.8) is 0 Å². The number of aromatic nitrogens is 3. The molecule has 27 heavy (non-hydrogen) atoms. The van der Waals surface area contributed by atoms with Crippen LogP contribution in [-0.2, 0) is 6.54 Å². The van der Waals surface area contributed by atoms with Crippen molar-refractivity contribution in [1.29, 1.82) is 0 Å². The van der Waals surface area contributed by atoms with E-state index in [4.69, 9.17) is 4.52 Å². The van der Waals surface area contributed by atoms with E-state index in [2.05, 4.69) is 32.2 Å². The van der Waals surface area contributed by atoms with E-state index in [1.165, 1.54) is 10.9 Å². The van der Waals surface area contributed by atoms with Crippen LogP contribution in [0.25, 0.3) is 22.3 Å². The number of hydrogen-bond donors (Lipinski definition) is 2. The minimum absolute atomic E-state index is 0.0846. The molecule has 4 aromatic rings. The van der Waals surface area contributed by atoms with Crippen molar-refractivity contribution in [3.05, 3.63) is 72.2 Å². The smallest absolute Gasteiger partial charge is 0.244 e. The number of rotatable bonds is 4. The largest absolute Gasteiger partial charge is 0.392 e. The summed E-state index contributed by atoms with van der Waals surface area (Å²) in [5.41, 5.74) is 3.25. The Morgan fingerprint density at radius 2 is 1.93 bits per heavy atom. The van der Waals surface area contributed by atoms with Gasteiger partial charge in [0.2, 0.25) is 11.7 Å². The van der Waals surface area contributed by atoms with Gasteiger partial charge < -0.3 is 14.6 Å². The van der Waals surface area contributed by atoms with Crippen LogP contribution in [0.2, 0.25) is 0 Å². The number of aliphatic hydroxyl groups is 1. The Hall–Kier alpha value is -2.96. The summed E-state index contributed by atoms with van der Waals surface area (Å²) >= 11 is 0. The fourth-order valence-electron chi connectivity index (χ4n) is 3.87. The molecule has 0 saturated carbocycles. The van der Waals surface area contributed by atoms with E-state index in [-0.39, 0.29) is 6.04 Å². The zero-order chi connectivity index (χ0) is 18.2. The van der Waals surface area contributed by atoms with Gasteiger partial charge in [0, 0.05) is 35.8 Å². The lowest BCUT2D eigenvalue weighted by molar-refractivity contribution is 0.169. The molecule has 2 atom stereocenters. The zero-order valence-corrected chi connectivity index (χ0v) is 14.7. The first-order valence-electron chi connectivity index (χ1n) is 9.14. The number of β-amino-alcohol motifs (C(OH)–C–C–N with tert-alkyl or cyclic N) is 1. The summed E-state index contributed by atoms with van der Waals surface area (Å²) < 4.78 is 5.57. The second kappa shape index (κ2) is 6.64. The summed E-state index contributed by atoms with van der Waals surface area (Å²) in [7, 11) is 0. The van der Waals surface area contributed by atoms with Crippen molar-refractivity contribution < 1.29 is 9.63 Å². The molecular weight excluding hydrogens is 340 g/mol. The van der Waals surface area contributed by atoms with Crippen molar-refractivity contribution in [2.75, 3.05) is 6.54 Å². The third-order valence-corrected chi connectivity index (χ3v) is 5.19. The number of aromatic amines is 1. The molecule has 6 nitrogen and oxygen atoms in total. The lowest BCUT2D eigenvalue weighted by Crippen LogP contribution is -2.24. The van der Waals surface area contributed by atoms with Gasteiger partial charge in [-0.25, -0.2) is 0 Å². The second-order valence-corrected chi connectivity index (χ2v) is 7.02. The number of aliphatic hydroxyl groups excluding tert-OH is 1. The third-order valence-electron chi connectivity index (χ3n) is 5.19. The zero-order valence-electron chi connectivity index (χ0n) is 14.7. The van der Waals surface area contributed by atoms with Crippen LogP contribution in [0.4, 0.5) is 0 Å². The maximum absolute atomic E-state index is 10.3. The highest BCUT2D eigenvalue weighted by Crippen LogP contribution is 2.34. The molecule has 1 aliphatic rings. The quantitative estimate of drug-likeness (QED) is 0.582. The van der Waals surface area contributed by atoms with Crippen LogP contribution in [-0.4, -0.2) is 37.8 Å². The van der Waals surface area contributed by atoms with E-state index in [0.29, 0.717) is 24.7 Å². The number of H-pyrrole nitrogens is 1. The first kappa shape index (κ1) is 16.2. The molecule has 136 valence electrons. The molecule has 0 amide bonds. The van der Waals surface area contributed by atoms with Crippen LogP contribution in [0, 0.1) is 0 Å². The number of nitrogens with zero attached hydrogens (tertiary/aromatic N) is 3. The SMILES string of the molecule is OC1CC(c2nc(-c3ccccc3)no2)N(Cc2c[nH]c3ccccc23)C1. The molecule has 1 aliphatic heterocycles. The van der Waals surface area contributed by atoms with Gasteiger partial charge in [-0.15, -0.1) is 0 Å². The van der Waals surface area contributed by atoms with E-state index >= 15 is 0 Å². The summed E-state index contributed by atoms with van der Waals surface area (Å²) in [5.74, 6) is 1.14. The molecule has 0 aliphatic carbocycles. The van der Waals surface area contributed by atoms with Crippen LogP contribution < -0.4 is 0 Å². The Balaban J connectivity index is 1.42. The van der Waals surface area contributed by atoms with Crippen molar-refractivity contribution in [2.45, 2.75) is 25.1 Å². The molecule has 1 saturated heterocycles. The molecule has 2 aromatic carbocycles. The van der Waals surface area contributed by atoms with E-state index in [1.54, 1.807) is 0 Å². The van der Waals surface area contributed by atoms with Gasteiger partial charge in [-0.05, 0) is 18.1 Å². The summed E-state index contributed by atoms with van der Waals surface area (Å²) in [6, 6.07) is 17.9. The second-order valence-electron chi connectivity index (χ2n) is 7.02. The minimum atomic E-state index is -0.396. The number of para-hydroxylation sites is 1. The Morgan fingerprint density at radius 3 is 2.81 bits per heavy atom. The molecule has 2 unspecified atom stereocenters. The molecule has 0 radical (unpaired) electrons. The van der Waals surface area contributed by atoms with Crippen LogP contribution in [0.5, 0.6) is 0 Å². The summed E-state index contributed by atoms with van der Waals surface area (Å²) in [4.78, 5) is 10.1. The Morgan fingerprint density at radius 1 is 1.11 bits per heavy atom. The van der Waals surface area contributed by atoms with Crippen molar-refractivity contribution in [3.8, 4) is 11.4 Å². The highest BCUT2D eigenvalue weighted by atomic mass is 16.5. The van der Waals surface area contributed by atoms with Gasteiger partial charge in [0.15, 0.2) is 0 Å². The lowest BCUT2D eigenvalue weighted by Gasteiger charge is -2.20. The molecule has 6 heteroatoms. The molecule has 5 rings (SSSR count). The van der Waals surface area contributed by atoms with E-state index in [0.717, 1.165) is 17.6 Å². The average molecular weight is 360 g/mol. The van der Waals surface area contributed by atoms with Crippen molar-refractivity contribution in [1.82, 2.24) is 20.0 Å². The van der Waals surface area contributed by atoms with E-state index < -0.39 is 6.10 Å². The predicted octanol–water partition coefficient (Wildman–Crippen LogP) is 3.53. The van der Waals surface area contributed by atoms with Gasteiger partial charge in [-0.1, -0.05) is 53.7 Å². The van der Waals surface area contributed by atoms with E-state index in [1.807, 2.05) is 48.7 Å². The molecule has 2 aromatic heterocycles. The number of hydrogen-bond acceptors (Lipinski definition) is 5. The standard InChI is InChI=1S/C21H20N4O2/c26-16-10-19(21-23-20(24-27-21)14-6-2-1-3-7-14)25(13-16)12-15-11-22-18-9-5-4-8-17(15)18/h1-9,11,16,19,22,26H,10,12-13H2. The third kappa shape index (κ3) is 3.03. The van der Waals surface area contributed by atoms with Crippen LogP contribution in [0.3, 0.4) is 0 Å². The molecule has 0 bridgehead atoms. The van der Waals surface area contributed by atoms with Crippen LogP contribution in [0.15, 0.2) is 65.3 Å². The Kier molecular flexibility index (Phi) is 3.99. The number of nitrogens with one attached hydrogen (secondary N) is 1. The van der Waals surface area contributed by atoms with Crippen LogP contribution in [0.1, 0.15) is 23.9 Å². The minimum Gasteiger partial charge on any atom is -0.392 e. The van der Waals surface area contributed by atoms with E-state index in [9.17, 15) is 5.11 Å². The molecule has 0 spiro atoms. The van der Waals surface area contributed by atoms with Gasteiger partial charge in [-0.2, -0.15) is 4.98 Å². The summed E-state index contributed by atoms with van der Waals surface area (Å²) in [6.45, 7) is 1.31. The summed E-state index contributed by atoms with van der Waals surface area (Å²) in [5, 5.41) is 15.6. The van der Waals surface area contributed by atoms with Gasteiger partial charge in [0.25, 0.3) is 0 Å². The predicted molar refractivity (Wildman–Crippen MR) is 102 cm³/mol. The molecule has 3 heterocycles. The molecule has 1 fully saturated rings.